The molecule has 2 amide bonds. The molecule has 1 heterocycles. The summed E-state index contributed by atoms with van der Waals surface area (Å²) in [6.07, 6.45) is 1.04. The highest BCUT2D eigenvalue weighted by Gasteiger charge is 2.21. The van der Waals surface area contributed by atoms with Crippen LogP contribution in [0.25, 0.3) is 0 Å². The Bertz CT molecular complexity index is 847. The van der Waals surface area contributed by atoms with Crippen molar-refractivity contribution in [3.63, 3.8) is 0 Å². The van der Waals surface area contributed by atoms with E-state index in [4.69, 9.17) is 10.4 Å². The molecule has 29 heavy (non-hydrogen) atoms. The molecule has 2 aromatic rings. The maximum absolute atomic E-state index is 13.2. The van der Waals surface area contributed by atoms with Crippen molar-refractivity contribution in [3.8, 4) is 0 Å². The molecule has 0 bridgehead atoms. The minimum absolute atomic E-state index is 0.0570. The number of fused-ring (bicyclic) bond motifs is 1. The molecule has 7 nitrogen and oxygen atoms in total. The third-order valence-electron chi connectivity index (χ3n) is 4.83. The molecular weight excluding hydrogens is 369 g/mol. The average molecular weight is 394 g/mol. The molecule has 0 aromatic heterocycles. The predicted octanol–water partition coefficient (Wildman–Crippen LogP) is 0.889. The number of benzene rings is 2. The van der Waals surface area contributed by atoms with Crippen molar-refractivity contribution in [2.24, 2.45) is 5.73 Å². The van der Waals surface area contributed by atoms with E-state index in [9.17, 15) is 9.59 Å². The second kappa shape index (κ2) is 10.2. The van der Waals surface area contributed by atoms with Gasteiger partial charge in [0.05, 0.1) is 19.8 Å². The third-order valence-corrected chi connectivity index (χ3v) is 4.83. The molecule has 0 fully saturated rings. The normalized spacial score (nSPS) is 13.3. The number of hydrogen-bond donors (Lipinski definition) is 2. The smallest absolute Gasteiger partial charge is 0.330 e. The summed E-state index contributed by atoms with van der Waals surface area (Å²) in [7, 11) is 3.07. The lowest BCUT2D eigenvalue weighted by Gasteiger charge is -2.24. The van der Waals surface area contributed by atoms with Gasteiger partial charge in [0, 0.05) is 18.7 Å². The molecule has 1 aliphatic rings. The molecule has 3 rings (SSSR count). The summed E-state index contributed by atoms with van der Waals surface area (Å²) in [5, 5.41) is 0. The number of nitrogens with two attached hydrogens (primary N) is 1. The Morgan fingerprint density at radius 1 is 1.28 bits per heavy atom. The lowest BCUT2D eigenvalue weighted by molar-refractivity contribution is -0.132. The first kappa shape index (κ1) is 21.0. The first-order valence-corrected chi connectivity index (χ1v) is 9.58. The number of amides is 2. The Morgan fingerprint density at radius 2 is 2.07 bits per heavy atom. The standard InChI is InChI=1S/C21H25BN3O4/c1-28-24-20(26)19(23)8-5-11-25(13-15-6-3-2-4-7-15)21(27)16-9-10-18-17(12-16)14-29-22-18/h2-4,6-7,9-10,12,19H,5,8,11,13-14,23H2,1H3,(H,24,26)/t19-/m0/s1. The molecule has 0 saturated heterocycles. The van der Waals surface area contributed by atoms with E-state index in [1.54, 1.807) is 12.4 Å². The van der Waals surface area contributed by atoms with Crippen molar-refractivity contribution in [2.45, 2.75) is 32.0 Å². The minimum Gasteiger partial charge on any atom is -0.430 e. The Kier molecular flexibility index (Phi) is 7.40. The SMILES string of the molecule is CONC(=O)[C@@H](N)CCCN(Cc1ccccc1)C(=O)c1ccc2c(c1)CO[B]2. The second-order valence-electron chi connectivity index (χ2n) is 6.97. The fourth-order valence-electron chi connectivity index (χ4n) is 3.25. The van der Waals surface area contributed by atoms with Gasteiger partial charge in [-0.1, -0.05) is 36.4 Å². The number of carbonyl (C=O) groups excluding carboxylic acids is 2. The zero-order valence-corrected chi connectivity index (χ0v) is 16.5. The lowest BCUT2D eigenvalue weighted by atomic mass is 9.86. The van der Waals surface area contributed by atoms with Crippen LogP contribution in [0.4, 0.5) is 0 Å². The molecule has 0 saturated carbocycles. The zero-order chi connectivity index (χ0) is 20.6. The molecule has 3 N–H and O–H groups in total. The number of hydroxylamine groups is 1. The van der Waals surface area contributed by atoms with Gasteiger partial charge in [0.25, 0.3) is 11.8 Å². The summed E-state index contributed by atoms with van der Waals surface area (Å²) < 4.78 is 5.33. The first-order valence-electron chi connectivity index (χ1n) is 9.58. The summed E-state index contributed by atoms with van der Waals surface area (Å²) in [5.41, 5.74) is 11.8. The van der Waals surface area contributed by atoms with Crippen LogP contribution in [0, 0.1) is 0 Å². The van der Waals surface area contributed by atoms with Crippen LogP contribution in [-0.2, 0) is 27.4 Å². The molecule has 8 heteroatoms. The third kappa shape index (κ3) is 5.66. The van der Waals surface area contributed by atoms with Gasteiger partial charge in [-0.05, 0) is 41.6 Å². The van der Waals surface area contributed by atoms with E-state index in [1.807, 2.05) is 48.5 Å². The summed E-state index contributed by atoms with van der Waals surface area (Å²) in [4.78, 5) is 31.3. The van der Waals surface area contributed by atoms with Crippen LogP contribution in [0.1, 0.15) is 34.3 Å². The zero-order valence-electron chi connectivity index (χ0n) is 16.5. The first-order chi connectivity index (χ1) is 14.1. The molecular formula is C21H25BN3O4. The Hall–Kier alpha value is -2.68. The number of carbonyl (C=O) groups is 2. The highest BCUT2D eigenvalue weighted by Crippen LogP contribution is 2.15. The molecule has 0 aliphatic carbocycles. The molecule has 2 aromatic carbocycles. The van der Waals surface area contributed by atoms with Crippen molar-refractivity contribution < 1.29 is 19.1 Å². The van der Waals surface area contributed by atoms with Crippen molar-refractivity contribution in [2.75, 3.05) is 13.7 Å². The highest BCUT2D eigenvalue weighted by molar-refractivity contribution is 6.48. The van der Waals surface area contributed by atoms with E-state index in [2.05, 4.69) is 10.3 Å². The van der Waals surface area contributed by atoms with Gasteiger partial charge in [-0.15, -0.1) is 0 Å². The van der Waals surface area contributed by atoms with Crippen LogP contribution in [0.3, 0.4) is 0 Å². The van der Waals surface area contributed by atoms with Gasteiger partial charge in [-0.2, -0.15) is 0 Å². The largest absolute Gasteiger partial charge is 0.430 e. The van der Waals surface area contributed by atoms with Gasteiger partial charge in [-0.25, -0.2) is 5.48 Å². The quantitative estimate of drug-likeness (QED) is 0.487. The van der Waals surface area contributed by atoms with Crippen LogP contribution >= 0.6 is 0 Å². The topological polar surface area (TPSA) is 93.9 Å². The van der Waals surface area contributed by atoms with Crippen molar-refractivity contribution in [1.82, 2.24) is 10.4 Å². The number of hydrogen-bond acceptors (Lipinski definition) is 5. The van der Waals surface area contributed by atoms with E-state index in [0.717, 1.165) is 16.6 Å². The van der Waals surface area contributed by atoms with E-state index >= 15 is 0 Å². The van der Waals surface area contributed by atoms with Crippen LogP contribution in [0.2, 0.25) is 0 Å². The lowest BCUT2D eigenvalue weighted by Crippen LogP contribution is -2.40. The summed E-state index contributed by atoms with van der Waals surface area (Å²) >= 11 is 0. The van der Waals surface area contributed by atoms with Crippen molar-refractivity contribution in [3.05, 3.63) is 65.2 Å². The maximum atomic E-state index is 13.2. The van der Waals surface area contributed by atoms with Gasteiger partial charge in [0.15, 0.2) is 0 Å². The number of rotatable bonds is 9. The molecule has 1 atom stereocenters. The van der Waals surface area contributed by atoms with Crippen LogP contribution in [0.15, 0.2) is 48.5 Å². The fraction of sp³-hybridized carbons (Fsp3) is 0.333. The molecule has 0 unspecified atom stereocenters. The van der Waals surface area contributed by atoms with Crippen molar-refractivity contribution in [1.29, 1.82) is 0 Å². The van der Waals surface area contributed by atoms with Gasteiger partial charge < -0.3 is 15.3 Å². The number of nitrogens with one attached hydrogen (secondary N) is 1. The molecule has 1 aliphatic heterocycles. The van der Waals surface area contributed by atoms with Crippen LogP contribution in [-0.4, -0.2) is 43.9 Å². The average Bonchev–Trinajstić information content (AvgIpc) is 3.21. The molecule has 0 spiro atoms. The Morgan fingerprint density at radius 3 is 2.83 bits per heavy atom. The molecule has 1 radical (unpaired) electrons. The van der Waals surface area contributed by atoms with E-state index in [1.165, 1.54) is 7.11 Å². The summed E-state index contributed by atoms with van der Waals surface area (Å²) in [6, 6.07) is 14.8. The van der Waals surface area contributed by atoms with Crippen LogP contribution < -0.4 is 16.7 Å². The van der Waals surface area contributed by atoms with Gasteiger partial charge in [-0.3, -0.25) is 14.4 Å². The van der Waals surface area contributed by atoms with Gasteiger partial charge in [0.1, 0.15) is 0 Å². The van der Waals surface area contributed by atoms with Crippen molar-refractivity contribution >= 4 is 24.8 Å². The second-order valence-corrected chi connectivity index (χ2v) is 6.97. The van der Waals surface area contributed by atoms with E-state index < -0.39 is 6.04 Å². The van der Waals surface area contributed by atoms with Crippen LogP contribution in [0.5, 0.6) is 0 Å². The number of nitrogens with zero attached hydrogens (tertiary/aromatic N) is 1. The van der Waals surface area contributed by atoms with Gasteiger partial charge >= 0.3 is 7.48 Å². The van der Waals surface area contributed by atoms with Gasteiger partial charge in [0.2, 0.25) is 0 Å². The highest BCUT2D eigenvalue weighted by atomic mass is 16.6. The Labute approximate surface area is 171 Å². The summed E-state index contributed by atoms with van der Waals surface area (Å²) in [6.45, 7) is 1.46. The molecule has 151 valence electrons. The maximum Gasteiger partial charge on any atom is 0.330 e. The summed E-state index contributed by atoms with van der Waals surface area (Å²) in [5.74, 6) is -0.429. The van der Waals surface area contributed by atoms with E-state index in [-0.39, 0.29) is 11.8 Å². The monoisotopic (exact) mass is 394 g/mol. The van der Waals surface area contributed by atoms with E-state index in [0.29, 0.717) is 38.1 Å². The minimum atomic E-state index is -0.684. The Balaban J connectivity index is 1.69. The predicted molar refractivity (Wildman–Crippen MR) is 110 cm³/mol. The fourth-order valence-corrected chi connectivity index (χ4v) is 3.25.